The summed E-state index contributed by atoms with van der Waals surface area (Å²) in [5, 5.41) is 31.6. The Hall–Kier alpha value is -4.72. The van der Waals surface area contributed by atoms with Crippen molar-refractivity contribution in [3.05, 3.63) is 58.1 Å². The smallest absolute Gasteiger partial charge is 0.416 e. The van der Waals surface area contributed by atoms with Gasteiger partial charge in [-0.1, -0.05) is 18.2 Å². The topological polar surface area (TPSA) is 212 Å². The number of carbonyl (C=O) groups is 4. The lowest BCUT2D eigenvalue weighted by Crippen LogP contribution is -2.48. The molecule has 0 aliphatic heterocycles. The molecule has 2 rings (SSSR count). The van der Waals surface area contributed by atoms with Gasteiger partial charge in [-0.15, -0.1) is 0 Å². The van der Waals surface area contributed by atoms with Crippen LogP contribution in [-0.4, -0.2) is 70.2 Å². The third-order valence-corrected chi connectivity index (χ3v) is 5.03. The molecule has 0 aliphatic rings. The number of nitro benzene ring substituents is 1. The van der Waals surface area contributed by atoms with Gasteiger partial charge in [-0.05, 0) is 49.1 Å². The monoisotopic (exact) mass is 518 g/mol. The number of rotatable bonds is 11. The summed E-state index contributed by atoms with van der Waals surface area (Å²) in [7, 11) is 1.11. The van der Waals surface area contributed by atoms with E-state index in [1.807, 2.05) is 0 Å². The zero-order valence-corrected chi connectivity index (χ0v) is 19.8. The van der Waals surface area contributed by atoms with Crippen LogP contribution < -0.4 is 15.8 Å². The number of unbranched alkanes of at least 4 members (excludes halogenated alkanes) is 1. The Morgan fingerprint density at radius 1 is 1.14 bits per heavy atom. The number of carboxylic acid groups (broad SMARTS) is 1. The quantitative estimate of drug-likeness (QED) is 0.145. The molecule has 5 N–H and O–H groups in total. The summed E-state index contributed by atoms with van der Waals surface area (Å²) in [6.45, 7) is -0.0326. The van der Waals surface area contributed by atoms with Crippen LogP contribution in [0.5, 0.6) is 11.5 Å². The van der Waals surface area contributed by atoms with E-state index >= 15 is 0 Å². The number of anilines is 1. The van der Waals surface area contributed by atoms with Gasteiger partial charge in [0.25, 0.3) is 0 Å². The molecular formula is C23H26N4O10. The molecule has 0 saturated heterocycles. The van der Waals surface area contributed by atoms with Crippen LogP contribution in [0.3, 0.4) is 0 Å². The van der Waals surface area contributed by atoms with E-state index in [-0.39, 0.29) is 37.4 Å². The number of nitro groups is 1. The molecule has 1 atom stereocenters. The number of nitrogens with two attached hydrogens (primary N) is 1. The molecule has 3 amide bonds. The van der Waals surface area contributed by atoms with Gasteiger partial charge in [-0.3, -0.25) is 19.7 Å². The fraction of sp³-hybridized carbons (Fsp3) is 0.304. The maximum atomic E-state index is 12.8. The fourth-order valence-corrected chi connectivity index (χ4v) is 3.22. The van der Waals surface area contributed by atoms with Crippen LogP contribution in [0.1, 0.15) is 18.4 Å². The summed E-state index contributed by atoms with van der Waals surface area (Å²) in [5.41, 5.74) is 6.29. The van der Waals surface area contributed by atoms with Crippen LogP contribution >= 0.6 is 0 Å². The van der Waals surface area contributed by atoms with Gasteiger partial charge in [0.15, 0.2) is 5.75 Å². The van der Waals surface area contributed by atoms with E-state index in [1.54, 1.807) is 12.1 Å². The number of nitrogens with one attached hydrogen (secondary N) is 1. The van der Waals surface area contributed by atoms with Crippen molar-refractivity contribution in [1.29, 1.82) is 0 Å². The number of phenols is 1. The molecule has 0 unspecified atom stereocenters. The van der Waals surface area contributed by atoms with Crippen molar-refractivity contribution in [3.63, 3.8) is 0 Å². The number of methoxy groups -OCH3 is 1. The summed E-state index contributed by atoms with van der Waals surface area (Å²) in [6.07, 6.45) is -0.273. The number of ether oxygens (including phenoxy) is 2. The van der Waals surface area contributed by atoms with Crippen molar-refractivity contribution in [3.8, 4) is 11.5 Å². The third kappa shape index (κ3) is 8.17. The lowest BCUT2D eigenvalue weighted by molar-refractivity contribution is -0.386. The van der Waals surface area contributed by atoms with E-state index in [0.29, 0.717) is 12.0 Å². The van der Waals surface area contributed by atoms with Gasteiger partial charge in [-0.2, -0.15) is 0 Å². The second kappa shape index (κ2) is 13.4. The number of benzene rings is 2. The Kier molecular flexibility index (Phi) is 10.3. The second-order valence-corrected chi connectivity index (χ2v) is 7.66. The van der Waals surface area contributed by atoms with E-state index in [9.17, 15) is 34.4 Å². The average molecular weight is 518 g/mol. The molecule has 14 heteroatoms. The molecule has 0 aliphatic carbocycles. The number of carbonyl (C=O) groups excluding carboxylic acids is 3. The first kappa shape index (κ1) is 28.5. The van der Waals surface area contributed by atoms with Gasteiger partial charge in [-0.25, -0.2) is 14.5 Å². The first-order valence-corrected chi connectivity index (χ1v) is 10.9. The molecule has 0 aromatic heterocycles. The van der Waals surface area contributed by atoms with Crippen LogP contribution in [0, 0.1) is 10.1 Å². The molecule has 0 heterocycles. The van der Waals surface area contributed by atoms with E-state index in [1.165, 1.54) is 30.3 Å². The standard InChI is InChI=1S/C23H26N4O10/c1-36-23(33)26(11-2-3-12-37-18-6-4-5-17(28)19(18)27(34)35)21(30)16(24)13-14-7-9-15(10-8-14)25-20(29)22(31)32/h4-10,16,28H,2-3,11-13,24H2,1H3,(H,25,29)(H,31,32)/t16-/m0/s1. The van der Waals surface area contributed by atoms with E-state index in [0.717, 1.165) is 12.0 Å². The Labute approximate surface area is 210 Å². The molecular weight excluding hydrogens is 492 g/mol. The van der Waals surface area contributed by atoms with Gasteiger partial charge in [0.1, 0.15) is 0 Å². The molecule has 0 saturated carbocycles. The minimum Gasteiger partial charge on any atom is -0.502 e. The summed E-state index contributed by atoms with van der Waals surface area (Å²) in [5.74, 6) is -4.16. The van der Waals surface area contributed by atoms with Gasteiger partial charge < -0.3 is 30.7 Å². The third-order valence-electron chi connectivity index (χ3n) is 5.03. The minimum atomic E-state index is -1.63. The van der Waals surface area contributed by atoms with Crippen molar-refractivity contribution >= 4 is 35.3 Å². The largest absolute Gasteiger partial charge is 0.502 e. The van der Waals surface area contributed by atoms with E-state index in [4.69, 9.17) is 15.6 Å². The van der Waals surface area contributed by atoms with Gasteiger partial charge in [0.2, 0.25) is 11.7 Å². The molecule has 2 aromatic carbocycles. The average Bonchev–Trinajstić information content (AvgIpc) is 2.86. The first-order valence-electron chi connectivity index (χ1n) is 10.9. The van der Waals surface area contributed by atoms with Crippen molar-refractivity contribution in [1.82, 2.24) is 4.90 Å². The highest BCUT2D eigenvalue weighted by atomic mass is 16.6. The van der Waals surface area contributed by atoms with Gasteiger partial charge in [0, 0.05) is 12.2 Å². The Morgan fingerprint density at radius 3 is 2.41 bits per heavy atom. The van der Waals surface area contributed by atoms with Crippen molar-refractivity contribution in [2.45, 2.75) is 25.3 Å². The number of nitrogens with zero attached hydrogens (tertiary/aromatic N) is 2. The van der Waals surface area contributed by atoms with Crippen molar-refractivity contribution < 1.29 is 43.8 Å². The highest BCUT2D eigenvalue weighted by Crippen LogP contribution is 2.35. The Balaban J connectivity index is 1.92. The van der Waals surface area contributed by atoms with Crippen LogP contribution in [-0.2, 0) is 25.5 Å². The SMILES string of the molecule is COC(=O)N(CCCCOc1cccc(O)c1[N+](=O)[O-])C(=O)[C@@H](N)Cc1ccc(NC(=O)C(=O)O)cc1. The zero-order chi connectivity index (χ0) is 27.5. The summed E-state index contributed by atoms with van der Waals surface area (Å²) in [6, 6.07) is 8.79. The summed E-state index contributed by atoms with van der Waals surface area (Å²) < 4.78 is 10.1. The molecule has 0 fully saturated rings. The van der Waals surface area contributed by atoms with Gasteiger partial charge in [0.05, 0.1) is 24.7 Å². The molecule has 198 valence electrons. The highest BCUT2D eigenvalue weighted by molar-refractivity contribution is 6.36. The lowest BCUT2D eigenvalue weighted by Gasteiger charge is -2.23. The van der Waals surface area contributed by atoms with Crippen LogP contribution in [0.15, 0.2) is 42.5 Å². The Morgan fingerprint density at radius 2 is 1.81 bits per heavy atom. The Bertz CT molecular complexity index is 1150. The second-order valence-electron chi connectivity index (χ2n) is 7.66. The number of aliphatic carboxylic acids is 1. The number of hydrogen-bond donors (Lipinski definition) is 4. The normalized spacial score (nSPS) is 11.2. The number of aromatic hydroxyl groups is 1. The molecule has 0 spiro atoms. The van der Waals surface area contributed by atoms with E-state index in [2.05, 4.69) is 10.1 Å². The zero-order valence-electron chi connectivity index (χ0n) is 19.8. The van der Waals surface area contributed by atoms with Gasteiger partial charge >= 0.3 is 23.7 Å². The highest BCUT2D eigenvalue weighted by Gasteiger charge is 2.27. The van der Waals surface area contributed by atoms with Crippen molar-refractivity contribution in [2.24, 2.45) is 5.73 Å². The molecule has 0 radical (unpaired) electrons. The summed E-state index contributed by atoms with van der Waals surface area (Å²) in [4.78, 5) is 58.0. The van der Waals surface area contributed by atoms with Crippen LogP contribution in [0.4, 0.5) is 16.2 Å². The van der Waals surface area contributed by atoms with Crippen molar-refractivity contribution in [2.75, 3.05) is 25.6 Å². The van der Waals surface area contributed by atoms with Crippen LogP contribution in [0.25, 0.3) is 0 Å². The number of carboxylic acids is 1. The predicted molar refractivity (Wildman–Crippen MR) is 128 cm³/mol. The number of phenolic OH excluding ortho intramolecular Hbond substituents is 1. The van der Waals surface area contributed by atoms with E-state index < -0.39 is 46.3 Å². The minimum absolute atomic E-state index is 0.0182. The molecule has 2 aromatic rings. The number of para-hydroxylation sites is 1. The maximum Gasteiger partial charge on any atom is 0.416 e. The molecule has 0 bridgehead atoms. The maximum absolute atomic E-state index is 12.8. The molecule has 14 nitrogen and oxygen atoms in total. The first-order chi connectivity index (χ1) is 17.5. The number of hydrogen-bond acceptors (Lipinski definition) is 10. The number of imide groups is 1. The summed E-state index contributed by atoms with van der Waals surface area (Å²) >= 11 is 0. The fourth-order valence-electron chi connectivity index (χ4n) is 3.22. The number of amides is 3. The predicted octanol–water partition coefficient (Wildman–Crippen LogP) is 1.65. The lowest BCUT2D eigenvalue weighted by atomic mass is 10.0. The van der Waals surface area contributed by atoms with Crippen LogP contribution in [0.2, 0.25) is 0 Å². The molecule has 37 heavy (non-hydrogen) atoms.